The highest BCUT2D eigenvalue weighted by atomic mass is 16.3. The third-order valence-electron chi connectivity index (χ3n) is 3.46. The van der Waals surface area contributed by atoms with Crippen molar-refractivity contribution in [2.75, 3.05) is 6.54 Å². The molecule has 0 amide bonds. The fourth-order valence-corrected chi connectivity index (χ4v) is 2.38. The summed E-state index contributed by atoms with van der Waals surface area (Å²) in [6, 6.07) is 16.5. The second-order valence-corrected chi connectivity index (χ2v) is 5.29. The minimum atomic E-state index is 0.319. The zero-order valence-electron chi connectivity index (χ0n) is 12.3. The van der Waals surface area contributed by atoms with E-state index in [4.69, 9.17) is 0 Å². The molecule has 0 spiro atoms. The number of phenolic OH excluding ortho intramolecular Hbond substituents is 1. The Labute approximate surface area is 121 Å². The van der Waals surface area contributed by atoms with Crippen molar-refractivity contribution < 1.29 is 5.11 Å². The van der Waals surface area contributed by atoms with Crippen molar-refractivity contribution in [3.8, 4) is 5.75 Å². The second kappa shape index (κ2) is 7.11. The minimum absolute atomic E-state index is 0.319. The van der Waals surface area contributed by atoms with Crippen LogP contribution < -0.4 is 5.32 Å². The molecule has 1 unspecified atom stereocenters. The van der Waals surface area contributed by atoms with Crippen LogP contribution in [0.25, 0.3) is 0 Å². The van der Waals surface area contributed by atoms with Crippen molar-refractivity contribution in [2.45, 2.75) is 32.7 Å². The van der Waals surface area contributed by atoms with Gasteiger partial charge in [0.05, 0.1) is 0 Å². The molecule has 1 atom stereocenters. The molecule has 0 aliphatic carbocycles. The number of nitrogens with one attached hydrogen (secondary N) is 1. The molecule has 0 aromatic heterocycles. The molecule has 0 aliphatic heterocycles. The molecule has 2 aromatic rings. The summed E-state index contributed by atoms with van der Waals surface area (Å²) in [4.78, 5) is 0. The number of aromatic hydroxyl groups is 1. The largest absolute Gasteiger partial charge is 0.508 e. The van der Waals surface area contributed by atoms with E-state index in [0.717, 1.165) is 19.4 Å². The van der Waals surface area contributed by atoms with Gasteiger partial charge >= 0.3 is 0 Å². The maximum Gasteiger partial charge on any atom is 0.115 e. The van der Waals surface area contributed by atoms with Gasteiger partial charge in [-0.15, -0.1) is 0 Å². The molecule has 20 heavy (non-hydrogen) atoms. The topological polar surface area (TPSA) is 32.3 Å². The van der Waals surface area contributed by atoms with Crippen LogP contribution in [0, 0.1) is 6.92 Å². The summed E-state index contributed by atoms with van der Waals surface area (Å²) in [5.74, 6) is 0.322. The van der Waals surface area contributed by atoms with E-state index in [1.807, 2.05) is 12.1 Å². The van der Waals surface area contributed by atoms with Gasteiger partial charge in [0.2, 0.25) is 0 Å². The summed E-state index contributed by atoms with van der Waals surface area (Å²) in [6.45, 7) is 5.32. The lowest BCUT2D eigenvalue weighted by Gasteiger charge is -2.20. The van der Waals surface area contributed by atoms with Crippen molar-refractivity contribution in [2.24, 2.45) is 0 Å². The highest BCUT2D eigenvalue weighted by molar-refractivity contribution is 5.30. The van der Waals surface area contributed by atoms with Gasteiger partial charge in [-0.2, -0.15) is 0 Å². The van der Waals surface area contributed by atoms with Gasteiger partial charge < -0.3 is 10.4 Å². The van der Waals surface area contributed by atoms with Gasteiger partial charge in [0.15, 0.2) is 0 Å². The predicted molar refractivity (Wildman–Crippen MR) is 84.0 cm³/mol. The van der Waals surface area contributed by atoms with Gasteiger partial charge in [-0.05, 0) is 49.6 Å². The molecule has 2 N–H and O–H groups in total. The van der Waals surface area contributed by atoms with E-state index >= 15 is 0 Å². The number of aryl methyl sites for hydroxylation is 1. The van der Waals surface area contributed by atoms with Crippen molar-refractivity contribution in [1.82, 2.24) is 5.32 Å². The zero-order valence-corrected chi connectivity index (χ0v) is 12.3. The SMILES string of the molecule is CCCNC(Cc1ccc(O)cc1)c1cccc(C)c1. The lowest BCUT2D eigenvalue weighted by molar-refractivity contribution is 0.474. The van der Waals surface area contributed by atoms with E-state index in [9.17, 15) is 5.11 Å². The Kier molecular flexibility index (Phi) is 5.19. The van der Waals surface area contributed by atoms with E-state index in [1.54, 1.807) is 12.1 Å². The third-order valence-corrected chi connectivity index (χ3v) is 3.46. The first-order valence-corrected chi connectivity index (χ1v) is 7.27. The molecule has 2 heteroatoms. The van der Waals surface area contributed by atoms with Gasteiger partial charge in [0.25, 0.3) is 0 Å². The summed E-state index contributed by atoms with van der Waals surface area (Å²) < 4.78 is 0. The summed E-state index contributed by atoms with van der Waals surface area (Å²) in [7, 11) is 0. The molecule has 0 radical (unpaired) electrons. The monoisotopic (exact) mass is 269 g/mol. The Bertz CT molecular complexity index is 533. The molecular formula is C18H23NO. The molecule has 0 saturated heterocycles. The highest BCUT2D eigenvalue weighted by Gasteiger charge is 2.11. The van der Waals surface area contributed by atoms with E-state index in [-0.39, 0.29) is 0 Å². The van der Waals surface area contributed by atoms with E-state index < -0.39 is 0 Å². The van der Waals surface area contributed by atoms with E-state index in [2.05, 4.69) is 43.4 Å². The van der Waals surface area contributed by atoms with Crippen molar-refractivity contribution in [3.63, 3.8) is 0 Å². The number of hydrogen-bond donors (Lipinski definition) is 2. The van der Waals surface area contributed by atoms with Crippen molar-refractivity contribution in [1.29, 1.82) is 0 Å². The zero-order chi connectivity index (χ0) is 14.4. The summed E-state index contributed by atoms with van der Waals surface area (Å²) in [5.41, 5.74) is 3.85. The number of phenols is 1. The predicted octanol–water partition coefficient (Wildman–Crippen LogP) is 3.98. The first-order valence-electron chi connectivity index (χ1n) is 7.27. The molecule has 2 rings (SSSR count). The van der Waals surface area contributed by atoms with Crippen molar-refractivity contribution in [3.05, 3.63) is 65.2 Å². The maximum absolute atomic E-state index is 9.37. The molecule has 0 saturated carbocycles. The van der Waals surface area contributed by atoms with Crippen LogP contribution in [-0.4, -0.2) is 11.7 Å². The summed E-state index contributed by atoms with van der Waals surface area (Å²) >= 11 is 0. The van der Waals surface area contributed by atoms with Crippen LogP contribution in [-0.2, 0) is 6.42 Å². The first kappa shape index (κ1) is 14.6. The summed E-state index contributed by atoms with van der Waals surface area (Å²) in [5, 5.41) is 13.0. The lowest BCUT2D eigenvalue weighted by Crippen LogP contribution is -2.24. The van der Waals surface area contributed by atoms with Crippen LogP contribution in [0.5, 0.6) is 5.75 Å². The standard InChI is InChI=1S/C18H23NO/c1-3-11-19-18(16-6-4-5-14(2)12-16)13-15-7-9-17(20)10-8-15/h4-10,12,18-20H,3,11,13H2,1-2H3. The Morgan fingerprint density at radius 1 is 1.10 bits per heavy atom. The van der Waals surface area contributed by atoms with Gasteiger partial charge in [0.1, 0.15) is 5.75 Å². The molecule has 2 nitrogen and oxygen atoms in total. The Morgan fingerprint density at radius 2 is 1.85 bits per heavy atom. The average Bonchev–Trinajstić information content (AvgIpc) is 2.45. The normalized spacial score (nSPS) is 12.3. The number of rotatable bonds is 6. The molecule has 0 heterocycles. The highest BCUT2D eigenvalue weighted by Crippen LogP contribution is 2.21. The number of benzene rings is 2. The lowest BCUT2D eigenvalue weighted by atomic mass is 9.97. The summed E-state index contributed by atoms with van der Waals surface area (Å²) in [6.07, 6.45) is 2.06. The minimum Gasteiger partial charge on any atom is -0.508 e. The Hall–Kier alpha value is -1.80. The fraction of sp³-hybridized carbons (Fsp3) is 0.333. The second-order valence-electron chi connectivity index (χ2n) is 5.29. The van der Waals surface area contributed by atoms with Gasteiger partial charge in [0, 0.05) is 6.04 Å². The molecule has 0 bridgehead atoms. The smallest absolute Gasteiger partial charge is 0.115 e. The van der Waals surface area contributed by atoms with E-state index in [0.29, 0.717) is 11.8 Å². The van der Waals surface area contributed by atoms with Gasteiger partial charge in [-0.3, -0.25) is 0 Å². The first-order chi connectivity index (χ1) is 9.69. The van der Waals surface area contributed by atoms with Crippen LogP contribution in [0.1, 0.15) is 36.1 Å². The van der Waals surface area contributed by atoms with E-state index in [1.165, 1.54) is 16.7 Å². The third kappa shape index (κ3) is 4.10. The molecule has 0 fully saturated rings. The van der Waals surface area contributed by atoms with Gasteiger partial charge in [-0.25, -0.2) is 0 Å². The van der Waals surface area contributed by atoms with Crippen LogP contribution >= 0.6 is 0 Å². The van der Waals surface area contributed by atoms with Crippen LogP contribution in [0.15, 0.2) is 48.5 Å². The molecule has 106 valence electrons. The van der Waals surface area contributed by atoms with Crippen LogP contribution in [0.2, 0.25) is 0 Å². The molecule has 0 aliphatic rings. The van der Waals surface area contributed by atoms with Gasteiger partial charge in [-0.1, -0.05) is 48.9 Å². The molecule has 2 aromatic carbocycles. The quantitative estimate of drug-likeness (QED) is 0.831. The van der Waals surface area contributed by atoms with Crippen LogP contribution in [0.4, 0.5) is 0 Å². The van der Waals surface area contributed by atoms with Crippen LogP contribution in [0.3, 0.4) is 0 Å². The fourth-order valence-electron chi connectivity index (χ4n) is 2.38. The number of hydrogen-bond acceptors (Lipinski definition) is 2. The average molecular weight is 269 g/mol. The Morgan fingerprint density at radius 3 is 2.50 bits per heavy atom. The maximum atomic E-state index is 9.37. The van der Waals surface area contributed by atoms with Crippen molar-refractivity contribution >= 4 is 0 Å². The molecular weight excluding hydrogens is 246 g/mol. The Balaban J connectivity index is 2.16.